The summed E-state index contributed by atoms with van der Waals surface area (Å²) in [5, 5.41) is 8.48. The molecule has 0 amide bonds. The maximum absolute atomic E-state index is 10.3. The van der Waals surface area contributed by atoms with Crippen LogP contribution in [0.1, 0.15) is 5.56 Å². The zero-order valence-electron chi connectivity index (χ0n) is 7.53. The Balaban J connectivity index is 3.04. The minimum atomic E-state index is -0.967. The van der Waals surface area contributed by atoms with Crippen LogP contribution in [0.3, 0.4) is 0 Å². The van der Waals surface area contributed by atoms with Gasteiger partial charge < -0.3 is 9.84 Å². The van der Waals surface area contributed by atoms with Crippen molar-refractivity contribution in [1.29, 1.82) is 0 Å². The van der Waals surface area contributed by atoms with Crippen LogP contribution < -0.4 is 4.74 Å². The van der Waals surface area contributed by atoms with Crippen LogP contribution in [0.2, 0.25) is 0 Å². The summed E-state index contributed by atoms with van der Waals surface area (Å²) < 4.78 is 6.12. The second-order valence-corrected chi connectivity index (χ2v) is 3.80. The fourth-order valence-electron chi connectivity index (χ4n) is 0.997. The lowest BCUT2D eigenvalue weighted by atomic mass is 10.2. The van der Waals surface area contributed by atoms with Gasteiger partial charge in [-0.1, -0.05) is 0 Å². The topological polar surface area (TPSA) is 46.5 Å². The van der Waals surface area contributed by atoms with Crippen LogP contribution >= 0.6 is 22.6 Å². The van der Waals surface area contributed by atoms with Gasteiger partial charge in [0.2, 0.25) is 0 Å². The molecule has 0 unspecified atom stereocenters. The summed E-state index contributed by atoms with van der Waals surface area (Å²) in [6.45, 7) is 0. The standard InChI is InChI=1S/C10H9IO3/c1-14-9-4-3-8(11)6-7(9)2-5-10(12)13/h2-6H,1H3,(H,12,13)/b5-2+. The lowest BCUT2D eigenvalue weighted by molar-refractivity contribution is -0.131. The van der Waals surface area contributed by atoms with Crippen molar-refractivity contribution >= 4 is 34.6 Å². The first-order valence-electron chi connectivity index (χ1n) is 3.88. The van der Waals surface area contributed by atoms with E-state index in [9.17, 15) is 4.79 Å². The second kappa shape index (κ2) is 4.99. The molecule has 0 saturated heterocycles. The molecule has 74 valence electrons. The third kappa shape index (κ3) is 3.02. The molecule has 0 fully saturated rings. The Labute approximate surface area is 95.5 Å². The van der Waals surface area contributed by atoms with Gasteiger partial charge in [0.15, 0.2) is 0 Å². The monoisotopic (exact) mass is 304 g/mol. The Morgan fingerprint density at radius 2 is 2.29 bits per heavy atom. The van der Waals surface area contributed by atoms with Crippen molar-refractivity contribution in [3.05, 3.63) is 33.4 Å². The quantitative estimate of drug-likeness (QED) is 0.689. The van der Waals surface area contributed by atoms with E-state index in [0.29, 0.717) is 5.75 Å². The molecule has 1 N–H and O–H groups in total. The number of ether oxygens (including phenoxy) is 1. The molecule has 0 heterocycles. The van der Waals surface area contributed by atoms with E-state index in [1.54, 1.807) is 7.11 Å². The smallest absolute Gasteiger partial charge is 0.328 e. The molecule has 0 spiro atoms. The van der Waals surface area contributed by atoms with Crippen molar-refractivity contribution in [2.75, 3.05) is 7.11 Å². The summed E-state index contributed by atoms with van der Waals surface area (Å²) in [5.41, 5.74) is 0.766. The summed E-state index contributed by atoms with van der Waals surface area (Å²) in [7, 11) is 1.56. The maximum atomic E-state index is 10.3. The Hall–Kier alpha value is -1.04. The highest BCUT2D eigenvalue weighted by Gasteiger charge is 2.00. The molecule has 0 atom stereocenters. The van der Waals surface area contributed by atoms with Crippen LogP contribution in [0.15, 0.2) is 24.3 Å². The Kier molecular flexibility index (Phi) is 3.94. The number of rotatable bonds is 3. The van der Waals surface area contributed by atoms with E-state index in [4.69, 9.17) is 9.84 Å². The Morgan fingerprint density at radius 3 is 2.86 bits per heavy atom. The predicted octanol–water partition coefficient (Wildman–Crippen LogP) is 2.40. The number of benzene rings is 1. The summed E-state index contributed by atoms with van der Waals surface area (Å²) in [5.74, 6) is -0.297. The first-order chi connectivity index (χ1) is 6.63. The van der Waals surface area contributed by atoms with Gasteiger partial charge in [0.1, 0.15) is 5.75 Å². The average molecular weight is 304 g/mol. The molecule has 0 aliphatic rings. The van der Waals surface area contributed by atoms with Crippen LogP contribution in [0.4, 0.5) is 0 Å². The van der Waals surface area contributed by atoms with Crippen LogP contribution in [-0.2, 0) is 4.79 Å². The third-order valence-corrected chi connectivity index (χ3v) is 2.27. The Bertz CT molecular complexity index is 372. The highest BCUT2D eigenvalue weighted by molar-refractivity contribution is 14.1. The highest BCUT2D eigenvalue weighted by atomic mass is 127. The molecule has 0 bridgehead atoms. The van der Waals surface area contributed by atoms with Gasteiger partial charge in [0, 0.05) is 15.2 Å². The molecular weight excluding hydrogens is 295 g/mol. The summed E-state index contributed by atoms with van der Waals surface area (Å²) in [4.78, 5) is 10.3. The summed E-state index contributed by atoms with van der Waals surface area (Å²) >= 11 is 2.16. The van der Waals surface area contributed by atoms with Crippen LogP contribution in [0, 0.1) is 3.57 Å². The van der Waals surface area contributed by atoms with Crippen LogP contribution in [0.5, 0.6) is 5.75 Å². The lowest BCUT2D eigenvalue weighted by Gasteiger charge is -2.04. The van der Waals surface area contributed by atoms with Crippen molar-refractivity contribution in [2.24, 2.45) is 0 Å². The number of methoxy groups -OCH3 is 1. The van der Waals surface area contributed by atoms with Crippen molar-refractivity contribution in [1.82, 2.24) is 0 Å². The second-order valence-electron chi connectivity index (χ2n) is 2.56. The molecular formula is C10H9IO3. The molecule has 1 aromatic carbocycles. The van der Waals surface area contributed by atoms with Gasteiger partial charge in [-0.05, 0) is 46.9 Å². The van der Waals surface area contributed by atoms with E-state index >= 15 is 0 Å². The molecule has 4 heteroatoms. The number of hydrogen-bond acceptors (Lipinski definition) is 2. The Morgan fingerprint density at radius 1 is 1.57 bits per heavy atom. The molecule has 0 radical (unpaired) electrons. The van der Waals surface area contributed by atoms with E-state index < -0.39 is 5.97 Å². The van der Waals surface area contributed by atoms with Gasteiger partial charge in [-0.25, -0.2) is 4.79 Å². The highest BCUT2D eigenvalue weighted by Crippen LogP contribution is 2.21. The van der Waals surface area contributed by atoms with Gasteiger partial charge in [-0.15, -0.1) is 0 Å². The van der Waals surface area contributed by atoms with E-state index in [2.05, 4.69) is 22.6 Å². The van der Waals surface area contributed by atoms with Crippen molar-refractivity contribution in [3.63, 3.8) is 0 Å². The van der Waals surface area contributed by atoms with Gasteiger partial charge >= 0.3 is 5.97 Å². The SMILES string of the molecule is COc1ccc(I)cc1/C=C/C(=O)O. The number of aliphatic carboxylic acids is 1. The minimum absolute atomic E-state index is 0.669. The number of carbonyl (C=O) groups is 1. The third-order valence-electron chi connectivity index (χ3n) is 1.60. The zero-order valence-corrected chi connectivity index (χ0v) is 9.69. The predicted molar refractivity (Wildman–Crippen MR) is 62.4 cm³/mol. The minimum Gasteiger partial charge on any atom is -0.496 e. The van der Waals surface area contributed by atoms with E-state index in [1.165, 1.54) is 6.08 Å². The molecule has 1 rings (SSSR count). The van der Waals surface area contributed by atoms with Gasteiger partial charge in [-0.3, -0.25) is 0 Å². The van der Waals surface area contributed by atoms with Crippen molar-refractivity contribution < 1.29 is 14.6 Å². The molecule has 0 aromatic heterocycles. The largest absolute Gasteiger partial charge is 0.496 e. The fourth-order valence-corrected chi connectivity index (χ4v) is 1.51. The molecule has 1 aromatic rings. The molecule has 3 nitrogen and oxygen atoms in total. The summed E-state index contributed by atoms with van der Waals surface area (Å²) in [6, 6.07) is 5.57. The van der Waals surface area contributed by atoms with E-state index in [1.807, 2.05) is 18.2 Å². The van der Waals surface area contributed by atoms with Gasteiger partial charge in [0.05, 0.1) is 7.11 Å². The van der Waals surface area contributed by atoms with E-state index in [0.717, 1.165) is 15.2 Å². The van der Waals surface area contributed by atoms with Crippen LogP contribution in [-0.4, -0.2) is 18.2 Å². The van der Waals surface area contributed by atoms with Gasteiger partial charge in [-0.2, -0.15) is 0 Å². The first-order valence-corrected chi connectivity index (χ1v) is 4.96. The van der Waals surface area contributed by atoms with Gasteiger partial charge in [0.25, 0.3) is 0 Å². The average Bonchev–Trinajstić information content (AvgIpc) is 2.15. The first kappa shape index (κ1) is 11.0. The lowest BCUT2D eigenvalue weighted by Crippen LogP contribution is -1.90. The molecule has 0 saturated carbocycles. The molecule has 14 heavy (non-hydrogen) atoms. The maximum Gasteiger partial charge on any atom is 0.328 e. The number of carboxylic acid groups (broad SMARTS) is 1. The molecule has 0 aliphatic heterocycles. The number of hydrogen-bond donors (Lipinski definition) is 1. The number of carboxylic acids is 1. The molecule has 0 aliphatic carbocycles. The zero-order chi connectivity index (χ0) is 10.6. The van der Waals surface area contributed by atoms with Crippen molar-refractivity contribution in [3.8, 4) is 5.75 Å². The summed E-state index contributed by atoms with van der Waals surface area (Å²) in [6.07, 6.45) is 2.61. The normalized spacial score (nSPS) is 10.4. The van der Waals surface area contributed by atoms with Crippen LogP contribution in [0.25, 0.3) is 6.08 Å². The van der Waals surface area contributed by atoms with E-state index in [-0.39, 0.29) is 0 Å². The van der Waals surface area contributed by atoms with Crippen molar-refractivity contribution in [2.45, 2.75) is 0 Å². The fraction of sp³-hybridized carbons (Fsp3) is 0.100. The number of halogens is 1.